The molecule has 0 saturated carbocycles. The molecular weight excluding hydrogens is 318 g/mol. The number of hydrogen-bond donors (Lipinski definition) is 0. The average Bonchev–Trinajstić information content (AvgIpc) is 3.10. The van der Waals surface area contributed by atoms with Crippen LogP contribution in [0.3, 0.4) is 0 Å². The summed E-state index contributed by atoms with van der Waals surface area (Å²) in [6, 6.07) is 17.3. The van der Waals surface area contributed by atoms with E-state index in [0.29, 0.717) is 0 Å². The van der Waals surface area contributed by atoms with E-state index in [-0.39, 0.29) is 0 Å². The molecule has 1 aliphatic heterocycles. The summed E-state index contributed by atoms with van der Waals surface area (Å²) < 4.78 is 2.28. The molecular formula is C23H27N3. The molecule has 4 rings (SSSR count). The molecule has 0 N–H and O–H groups in total. The minimum absolute atomic E-state index is 1.05. The lowest BCUT2D eigenvalue weighted by Gasteiger charge is -2.26. The van der Waals surface area contributed by atoms with E-state index in [1.54, 1.807) is 0 Å². The summed E-state index contributed by atoms with van der Waals surface area (Å²) in [6.07, 6.45) is 7.99. The van der Waals surface area contributed by atoms with E-state index < -0.39 is 0 Å². The minimum atomic E-state index is 1.05. The summed E-state index contributed by atoms with van der Waals surface area (Å²) in [5.41, 5.74) is 6.57. The van der Waals surface area contributed by atoms with Gasteiger partial charge in [0, 0.05) is 19.6 Å². The summed E-state index contributed by atoms with van der Waals surface area (Å²) in [4.78, 5) is 7.05. The van der Waals surface area contributed by atoms with Gasteiger partial charge >= 0.3 is 0 Å². The number of unbranched alkanes of at least 4 members (excludes halogenated alkanes) is 1. The zero-order valence-corrected chi connectivity index (χ0v) is 15.6. The van der Waals surface area contributed by atoms with E-state index in [9.17, 15) is 0 Å². The summed E-state index contributed by atoms with van der Waals surface area (Å²) >= 11 is 0. The highest BCUT2D eigenvalue weighted by Crippen LogP contribution is 2.23. The molecule has 0 amide bonds. The number of fused-ring (bicyclic) bond motifs is 1. The molecule has 0 saturated heterocycles. The quantitative estimate of drug-likeness (QED) is 0.592. The van der Waals surface area contributed by atoms with Gasteiger partial charge in [-0.1, -0.05) is 48.0 Å². The Morgan fingerprint density at radius 3 is 2.58 bits per heavy atom. The number of aromatic nitrogens is 2. The monoisotopic (exact) mass is 345 g/mol. The number of aryl methyl sites for hydroxylation is 2. The normalized spacial score (nSPS) is 15.3. The Kier molecular flexibility index (Phi) is 5.16. The van der Waals surface area contributed by atoms with Gasteiger partial charge in [0.15, 0.2) is 0 Å². The van der Waals surface area contributed by atoms with Crippen LogP contribution in [0.1, 0.15) is 30.4 Å². The highest BCUT2D eigenvalue weighted by molar-refractivity contribution is 5.74. The second kappa shape index (κ2) is 7.88. The number of hydrogen-bond acceptors (Lipinski definition) is 2. The maximum atomic E-state index is 4.47. The third-order valence-corrected chi connectivity index (χ3v) is 5.37. The first-order valence-electron chi connectivity index (χ1n) is 9.68. The fourth-order valence-corrected chi connectivity index (χ4v) is 3.75. The molecule has 0 spiro atoms. The highest BCUT2D eigenvalue weighted by Gasteiger charge is 2.12. The van der Waals surface area contributed by atoms with Gasteiger partial charge in [-0.15, -0.1) is 0 Å². The third kappa shape index (κ3) is 3.88. The zero-order chi connectivity index (χ0) is 17.8. The first-order chi connectivity index (χ1) is 12.8. The van der Waals surface area contributed by atoms with Crippen LogP contribution in [0.15, 0.2) is 60.9 Å². The fraction of sp³-hybridized carbons (Fsp3) is 0.348. The van der Waals surface area contributed by atoms with Crippen LogP contribution in [0.5, 0.6) is 0 Å². The Labute approximate surface area is 156 Å². The van der Waals surface area contributed by atoms with Crippen molar-refractivity contribution in [3.8, 4) is 0 Å². The maximum Gasteiger partial charge on any atom is 0.0958 e. The van der Waals surface area contributed by atoms with Gasteiger partial charge in [-0.3, -0.25) is 4.90 Å². The molecule has 0 bridgehead atoms. The van der Waals surface area contributed by atoms with Crippen molar-refractivity contribution >= 4 is 16.6 Å². The molecule has 134 valence electrons. The third-order valence-electron chi connectivity index (χ3n) is 5.37. The summed E-state index contributed by atoms with van der Waals surface area (Å²) in [5.74, 6) is 0. The molecule has 2 aromatic carbocycles. The van der Waals surface area contributed by atoms with Crippen LogP contribution in [-0.2, 0) is 6.54 Å². The molecule has 3 aromatic rings. The van der Waals surface area contributed by atoms with Gasteiger partial charge in [0.05, 0.1) is 17.4 Å². The van der Waals surface area contributed by atoms with Crippen molar-refractivity contribution in [1.82, 2.24) is 14.5 Å². The molecule has 1 aliphatic rings. The second-order valence-electron chi connectivity index (χ2n) is 7.28. The van der Waals surface area contributed by atoms with Crippen molar-refractivity contribution in [3.63, 3.8) is 0 Å². The summed E-state index contributed by atoms with van der Waals surface area (Å²) in [6.45, 7) is 6.64. The number of nitrogens with zero attached hydrogens (tertiary/aromatic N) is 3. The maximum absolute atomic E-state index is 4.47. The second-order valence-corrected chi connectivity index (χ2v) is 7.28. The zero-order valence-electron chi connectivity index (χ0n) is 15.6. The fourth-order valence-electron chi connectivity index (χ4n) is 3.75. The highest BCUT2D eigenvalue weighted by atomic mass is 15.1. The number of para-hydroxylation sites is 2. The SMILES string of the molecule is Cc1ccc(C2=CCN(CCCCn3cnc4ccccc43)CC2)cc1. The van der Waals surface area contributed by atoms with Crippen molar-refractivity contribution < 1.29 is 0 Å². The van der Waals surface area contributed by atoms with E-state index in [2.05, 4.69) is 76.0 Å². The molecule has 0 atom stereocenters. The van der Waals surface area contributed by atoms with Gasteiger partial charge < -0.3 is 4.57 Å². The van der Waals surface area contributed by atoms with Crippen molar-refractivity contribution in [2.24, 2.45) is 0 Å². The first kappa shape index (κ1) is 17.0. The Hall–Kier alpha value is -2.39. The standard InChI is InChI=1S/C23H27N3/c1-19-8-10-20(11-9-19)21-12-16-25(17-13-21)14-4-5-15-26-18-24-22-6-2-3-7-23(22)26/h2-3,6-12,18H,4-5,13-17H2,1H3. The summed E-state index contributed by atoms with van der Waals surface area (Å²) in [5, 5.41) is 0. The van der Waals surface area contributed by atoms with E-state index in [0.717, 1.165) is 25.0 Å². The van der Waals surface area contributed by atoms with Gasteiger partial charge in [0.1, 0.15) is 0 Å². The van der Waals surface area contributed by atoms with Crippen molar-refractivity contribution in [2.45, 2.75) is 32.7 Å². The Morgan fingerprint density at radius 1 is 0.962 bits per heavy atom. The molecule has 0 fully saturated rings. The molecule has 1 aromatic heterocycles. The van der Waals surface area contributed by atoms with Crippen LogP contribution in [0.2, 0.25) is 0 Å². The van der Waals surface area contributed by atoms with Crippen molar-refractivity contribution in [2.75, 3.05) is 19.6 Å². The van der Waals surface area contributed by atoms with Gasteiger partial charge in [-0.25, -0.2) is 4.98 Å². The van der Waals surface area contributed by atoms with E-state index in [4.69, 9.17) is 0 Å². The van der Waals surface area contributed by atoms with E-state index >= 15 is 0 Å². The Balaban J connectivity index is 1.24. The lowest BCUT2D eigenvalue weighted by atomic mass is 9.98. The van der Waals surface area contributed by atoms with Crippen molar-refractivity contribution in [3.05, 3.63) is 72.1 Å². The number of imidazole rings is 1. The van der Waals surface area contributed by atoms with Crippen LogP contribution in [0.25, 0.3) is 16.6 Å². The smallest absolute Gasteiger partial charge is 0.0958 e. The van der Waals surface area contributed by atoms with Gasteiger partial charge in [0.2, 0.25) is 0 Å². The molecule has 0 radical (unpaired) electrons. The Morgan fingerprint density at radius 2 is 1.77 bits per heavy atom. The van der Waals surface area contributed by atoms with Crippen LogP contribution < -0.4 is 0 Å². The van der Waals surface area contributed by atoms with E-state index in [1.165, 1.54) is 48.1 Å². The Bertz CT molecular complexity index is 889. The summed E-state index contributed by atoms with van der Waals surface area (Å²) in [7, 11) is 0. The van der Waals surface area contributed by atoms with Crippen LogP contribution in [0.4, 0.5) is 0 Å². The molecule has 3 heteroatoms. The molecule has 0 unspecified atom stereocenters. The molecule has 3 nitrogen and oxygen atoms in total. The average molecular weight is 345 g/mol. The predicted molar refractivity (Wildman–Crippen MR) is 109 cm³/mol. The largest absolute Gasteiger partial charge is 0.331 e. The lowest BCUT2D eigenvalue weighted by molar-refractivity contribution is 0.293. The minimum Gasteiger partial charge on any atom is -0.331 e. The number of rotatable bonds is 6. The van der Waals surface area contributed by atoms with E-state index in [1.807, 2.05) is 6.33 Å². The van der Waals surface area contributed by atoms with Gasteiger partial charge in [-0.2, -0.15) is 0 Å². The van der Waals surface area contributed by atoms with Crippen LogP contribution in [0, 0.1) is 6.92 Å². The predicted octanol–water partition coefficient (Wildman–Crippen LogP) is 4.91. The topological polar surface area (TPSA) is 21.1 Å². The van der Waals surface area contributed by atoms with Crippen LogP contribution >= 0.6 is 0 Å². The van der Waals surface area contributed by atoms with Crippen molar-refractivity contribution in [1.29, 1.82) is 0 Å². The van der Waals surface area contributed by atoms with Crippen LogP contribution in [-0.4, -0.2) is 34.1 Å². The molecule has 2 heterocycles. The van der Waals surface area contributed by atoms with Gasteiger partial charge in [0.25, 0.3) is 0 Å². The number of benzene rings is 2. The van der Waals surface area contributed by atoms with Gasteiger partial charge in [-0.05, 0) is 56.0 Å². The molecule has 26 heavy (non-hydrogen) atoms. The molecule has 0 aliphatic carbocycles. The first-order valence-corrected chi connectivity index (χ1v) is 9.68. The lowest BCUT2D eigenvalue weighted by Crippen LogP contribution is -2.29.